The number of rotatable bonds is 17. The van der Waals surface area contributed by atoms with E-state index in [2.05, 4.69) is 0 Å². The van der Waals surface area contributed by atoms with Gasteiger partial charge in [0.05, 0.1) is 19.8 Å². The highest BCUT2D eigenvalue weighted by Gasteiger charge is 2.12. The minimum Gasteiger partial charge on any atom is -0.494 e. The molecule has 0 radical (unpaired) electrons. The van der Waals surface area contributed by atoms with Gasteiger partial charge in [-0.05, 0) is 51.0 Å². The summed E-state index contributed by atoms with van der Waals surface area (Å²) in [4.78, 5) is 34.1. The molecule has 0 aromatic heterocycles. The van der Waals surface area contributed by atoms with Crippen molar-refractivity contribution < 1.29 is 33.3 Å². The summed E-state index contributed by atoms with van der Waals surface area (Å²) in [6, 6.07) is 6.76. The van der Waals surface area contributed by atoms with Crippen LogP contribution in [-0.2, 0) is 23.9 Å². The maximum atomic E-state index is 11.6. The van der Waals surface area contributed by atoms with E-state index in [0.29, 0.717) is 31.1 Å². The number of esters is 3. The minimum atomic E-state index is -0.647. The van der Waals surface area contributed by atoms with Gasteiger partial charge in [0.1, 0.15) is 17.9 Å². The Bertz CT molecular complexity index is 640. The van der Waals surface area contributed by atoms with Crippen LogP contribution in [0.4, 0.5) is 0 Å². The first-order valence-corrected chi connectivity index (χ1v) is 11.3. The number of carbonyl (C=O) groups excluding carboxylic acids is 3. The molecule has 31 heavy (non-hydrogen) atoms. The molecule has 1 aromatic carbocycles. The molecule has 1 aromatic rings. The molecule has 0 aliphatic heterocycles. The summed E-state index contributed by atoms with van der Waals surface area (Å²) >= 11 is 0. The van der Waals surface area contributed by atoms with Crippen LogP contribution in [0.25, 0.3) is 0 Å². The summed E-state index contributed by atoms with van der Waals surface area (Å²) in [7, 11) is 0. The van der Waals surface area contributed by atoms with Crippen molar-refractivity contribution in [2.24, 2.45) is 0 Å². The number of hydrogen-bond acceptors (Lipinski definition) is 7. The number of unbranched alkanes of at least 4 members (excludes halogenated alkanes) is 7. The molecule has 1 rings (SSSR count). The molecule has 0 N–H and O–H groups in total. The highest BCUT2D eigenvalue weighted by molar-refractivity contribution is 5.92. The van der Waals surface area contributed by atoms with Gasteiger partial charge >= 0.3 is 17.9 Å². The highest BCUT2D eigenvalue weighted by Crippen LogP contribution is 2.18. The Morgan fingerprint density at radius 3 is 1.77 bits per heavy atom. The fourth-order valence-electron chi connectivity index (χ4n) is 2.96. The minimum absolute atomic E-state index is 0.0906. The summed E-state index contributed by atoms with van der Waals surface area (Å²) in [6.45, 7) is 4.84. The van der Waals surface area contributed by atoms with Gasteiger partial charge in [-0.1, -0.05) is 38.5 Å². The SMILES string of the molecule is CCOC(=O)CCCCCCCCCCOc1ccc(OC(=O)CC(=O)OCC)cc1. The molecule has 0 saturated heterocycles. The lowest BCUT2D eigenvalue weighted by molar-refractivity contribution is -0.150. The fraction of sp³-hybridized carbons (Fsp3) is 0.625. The second-order valence-electron chi connectivity index (χ2n) is 7.16. The standard InChI is InChI=1S/C24H36O7/c1-3-28-22(25)13-11-9-7-5-6-8-10-12-18-30-20-14-16-21(17-15-20)31-24(27)19-23(26)29-4-2/h14-17H,3-13,18-19H2,1-2H3. The van der Waals surface area contributed by atoms with Crippen molar-refractivity contribution in [1.29, 1.82) is 0 Å². The fourth-order valence-corrected chi connectivity index (χ4v) is 2.96. The smallest absolute Gasteiger partial charge is 0.322 e. The Kier molecular flexibility index (Phi) is 14.6. The van der Waals surface area contributed by atoms with Crippen LogP contribution in [-0.4, -0.2) is 37.7 Å². The summed E-state index contributed by atoms with van der Waals surface area (Å²) in [5.41, 5.74) is 0. The van der Waals surface area contributed by atoms with Gasteiger partial charge in [-0.15, -0.1) is 0 Å². The van der Waals surface area contributed by atoms with Crippen molar-refractivity contribution in [3.63, 3.8) is 0 Å². The molecule has 7 heteroatoms. The molecular formula is C24H36O7. The largest absolute Gasteiger partial charge is 0.494 e. The van der Waals surface area contributed by atoms with E-state index in [0.717, 1.165) is 32.1 Å². The lowest BCUT2D eigenvalue weighted by Gasteiger charge is -2.08. The van der Waals surface area contributed by atoms with Crippen LogP contribution in [0.5, 0.6) is 11.5 Å². The zero-order valence-electron chi connectivity index (χ0n) is 18.9. The zero-order chi connectivity index (χ0) is 22.7. The van der Waals surface area contributed by atoms with Crippen LogP contribution in [0.3, 0.4) is 0 Å². The molecule has 0 bridgehead atoms. The number of ether oxygens (including phenoxy) is 4. The molecular weight excluding hydrogens is 400 g/mol. The van der Waals surface area contributed by atoms with E-state index >= 15 is 0 Å². The van der Waals surface area contributed by atoms with Gasteiger partial charge in [0.25, 0.3) is 0 Å². The van der Waals surface area contributed by atoms with Gasteiger partial charge in [0.15, 0.2) is 0 Å². The van der Waals surface area contributed by atoms with Gasteiger partial charge in [-0.3, -0.25) is 14.4 Å². The first-order valence-electron chi connectivity index (χ1n) is 11.3. The second kappa shape index (κ2) is 17.1. The van der Waals surface area contributed by atoms with E-state index in [-0.39, 0.29) is 12.6 Å². The van der Waals surface area contributed by atoms with Gasteiger partial charge in [0.2, 0.25) is 0 Å². The van der Waals surface area contributed by atoms with E-state index in [1.54, 1.807) is 31.2 Å². The van der Waals surface area contributed by atoms with Crippen LogP contribution in [0.15, 0.2) is 24.3 Å². The second-order valence-corrected chi connectivity index (χ2v) is 7.16. The van der Waals surface area contributed by atoms with Gasteiger partial charge < -0.3 is 18.9 Å². The average Bonchev–Trinajstić information content (AvgIpc) is 2.73. The Morgan fingerprint density at radius 2 is 1.16 bits per heavy atom. The third-order valence-corrected chi connectivity index (χ3v) is 4.50. The summed E-state index contributed by atoms with van der Waals surface area (Å²) in [5, 5.41) is 0. The molecule has 0 unspecified atom stereocenters. The van der Waals surface area contributed by atoms with E-state index in [1.807, 2.05) is 6.92 Å². The Morgan fingerprint density at radius 1 is 0.645 bits per heavy atom. The summed E-state index contributed by atoms with van der Waals surface area (Å²) in [6.07, 6.45) is 8.95. The van der Waals surface area contributed by atoms with Gasteiger partial charge in [-0.2, -0.15) is 0 Å². The van der Waals surface area contributed by atoms with Crippen LogP contribution in [0, 0.1) is 0 Å². The Hall–Kier alpha value is -2.57. The molecule has 0 spiro atoms. The number of hydrogen-bond donors (Lipinski definition) is 0. The average molecular weight is 437 g/mol. The van der Waals surface area contributed by atoms with E-state index in [1.165, 1.54) is 19.3 Å². The summed E-state index contributed by atoms with van der Waals surface area (Å²) in [5.74, 6) is -0.254. The van der Waals surface area contributed by atoms with Crippen molar-refractivity contribution >= 4 is 17.9 Å². The molecule has 7 nitrogen and oxygen atoms in total. The Labute approximate surface area is 185 Å². The van der Waals surface area contributed by atoms with Crippen LogP contribution >= 0.6 is 0 Å². The van der Waals surface area contributed by atoms with Gasteiger partial charge in [-0.25, -0.2) is 0 Å². The number of carbonyl (C=O) groups is 3. The van der Waals surface area contributed by atoms with E-state index in [4.69, 9.17) is 18.9 Å². The predicted octanol–water partition coefficient (Wildman–Crippen LogP) is 5.00. The predicted molar refractivity (Wildman–Crippen MR) is 117 cm³/mol. The van der Waals surface area contributed by atoms with Crippen molar-refractivity contribution in [3.05, 3.63) is 24.3 Å². The highest BCUT2D eigenvalue weighted by atomic mass is 16.6. The van der Waals surface area contributed by atoms with Crippen LogP contribution in [0.1, 0.15) is 78.1 Å². The molecule has 0 atom stereocenters. The lowest BCUT2D eigenvalue weighted by atomic mass is 10.1. The monoisotopic (exact) mass is 436 g/mol. The van der Waals surface area contributed by atoms with Crippen molar-refractivity contribution in [3.8, 4) is 11.5 Å². The lowest BCUT2D eigenvalue weighted by Crippen LogP contribution is -2.15. The number of benzene rings is 1. The molecule has 0 aliphatic rings. The quantitative estimate of drug-likeness (QED) is 0.147. The third-order valence-electron chi connectivity index (χ3n) is 4.50. The van der Waals surface area contributed by atoms with E-state index in [9.17, 15) is 14.4 Å². The normalized spacial score (nSPS) is 10.4. The van der Waals surface area contributed by atoms with E-state index < -0.39 is 18.4 Å². The molecule has 0 amide bonds. The zero-order valence-corrected chi connectivity index (χ0v) is 18.9. The summed E-state index contributed by atoms with van der Waals surface area (Å²) < 4.78 is 20.4. The van der Waals surface area contributed by atoms with Crippen molar-refractivity contribution in [2.75, 3.05) is 19.8 Å². The topological polar surface area (TPSA) is 88.1 Å². The van der Waals surface area contributed by atoms with Crippen LogP contribution in [0.2, 0.25) is 0 Å². The van der Waals surface area contributed by atoms with Crippen molar-refractivity contribution in [2.45, 2.75) is 78.1 Å². The molecule has 174 valence electrons. The molecule has 0 saturated carbocycles. The third kappa shape index (κ3) is 14.1. The maximum Gasteiger partial charge on any atom is 0.322 e. The Balaban J connectivity index is 2.02. The maximum absolute atomic E-state index is 11.6. The first kappa shape index (κ1) is 26.5. The van der Waals surface area contributed by atoms with Crippen LogP contribution < -0.4 is 9.47 Å². The molecule has 0 heterocycles. The van der Waals surface area contributed by atoms with Gasteiger partial charge in [0, 0.05) is 6.42 Å². The molecule has 0 aliphatic carbocycles. The first-order chi connectivity index (χ1) is 15.0. The van der Waals surface area contributed by atoms with Crippen molar-refractivity contribution in [1.82, 2.24) is 0 Å². The molecule has 0 fully saturated rings.